The van der Waals surface area contributed by atoms with Gasteiger partial charge in [-0.25, -0.2) is 4.98 Å². The van der Waals surface area contributed by atoms with E-state index < -0.39 is 0 Å². The Bertz CT molecular complexity index is 545. The predicted octanol–water partition coefficient (Wildman–Crippen LogP) is 1.60. The van der Waals surface area contributed by atoms with Crippen LogP contribution in [0, 0.1) is 6.92 Å². The van der Waals surface area contributed by atoms with Crippen molar-refractivity contribution in [1.29, 1.82) is 0 Å². The molecule has 1 N–H and O–H groups in total. The summed E-state index contributed by atoms with van der Waals surface area (Å²) in [6, 6.07) is 4.78. The Morgan fingerprint density at radius 3 is 3.00 bits per heavy atom. The number of aromatic nitrogens is 2. The Kier molecular flexibility index (Phi) is 3.06. The van der Waals surface area contributed by atoms with Crippen LogP contribution in [-0.2, 0) is 6.54 Å². The second-order valence-electron chi connectivity index (χ2n) is 5.08. The van der Waals surface area contributed by atoms with Crippen LogP contribution >= 0.6 is 0 Å². The van der Waals surface area contributed by atoms with Crippen LogP contribution in [-0.4, -0.2) is 38.6 Å². The second-order valence-corrected chi connectivity index (χ2v) is 5.08. The molecular weight excluding hydrogens is 226 g/mol. The molecule has 1 aliphatic rings. The van der Waals surface area contributed by atoms with Crippen LogP contribution in [0.5, 0.6) is 0 Å². The van der Waals surface area contributed by atoms with Crippen LogP contribution in [0.4, 0.5) is 0 Å². The normalized spacial score (nSPS) is 15.7. The molecule has 2 heterocycles. The van der Waals surface area contributed by atoms with Crippen molar-refractivity contribution in [3.63, 3.8) is 0 Å². The lowest BCUT2D eigenvalue weighted by Gasteiger charge is -2.19. The zero-order valence-electron chi connectivity index (χ0n) is 10.7. The highest BCUT2D eigenvalue weighted by Crippen LogP contribution is 2.27. The molecule has 2 aromatic rings. The highest BCUT2D eigenvalue weighted by atomic mass is 16.3. The van der Waals surface area contributed by atoms with Gasteiger partial charge in [0.15, 0.2) is 0 Å². The lowest BCUT2D eigenvalue weighted by atomic mass is 10.3. The van der Waals surface area contributed by atoms with E-state index in [-0.39, 0.29) is 6.61 Å². The molecule has 96 valence electrons. The molecular formula is C14H19N3O. The molecule has 0 aromatic carbocycles. The van der Waals surface area contributed by atoms with Crippen molar-refractivity contribution < 1.29 is 5.11 Å². The van der Waals surface area contributed by atoms with Crippen LogP contribution in [0.3, 0.4) is 0 Å². The molecule has 0 spiro atoms. The van der Waals surface area contributed by atoms with Crippen LogP contribution < -0.4 is 0 Å². The topological polar surface area (TPSA) is 40.8 Å². The predicted molar refractivity (Wildman–Crippen MR) is 70.4 cm³/mol. The third-order valence-electron chi connectivity index (χ3n) is 3.54. The Balaban J connectivity index is 1.83. The average molecular weight is 245 g/mol. The van der Waals surface area contributed by atoms with E-state index in [9.17, 15) is 0 Å². The van der Waals surface area contributed by atoms with Gasteiger partial charge in [0, 0.05) is 31.5 Å². The van der Waals surface area contributed by atoms with Crippen molar-refractivity contribution in [1.82, 2.24) is 14.3 Å². The quantitative estimate of drug-likeness (QED) is 0.870. The first kappa shape index (κ1) is 11.7. The highest BCUT2D eigenvalue weighted by molar-refractivity contribution is 5.47. The molecule has 0 aliphatic heterocycles. The molecule has 4 nitrogen and oxygen atoms in total. The number of aliphatic hydroxyl groups excluding tert-OH is 1. The van der Waals surface area contributed by atoms with Crippen molar-refractivity contribution in [2.75, 3.05) is 13.2 Å². The molecule has 4 heteroatoms. The fourth-order valence-corrected chi connectivity index (χ4v) is 2.45. The summed E-state index contributed by atoms with van der Waals surface area (Å²) in [7, 11) is 0. The van der Waals surface area contributed by atoms with Gasteiger partial charge >= 0.3 is 0 Å². The Labute approximate surface area is 107 Å². The number of rotatable bonds is 5. The number of imidazole rings is 1. The smallest absolute Gasteiger partial charge is 0.139 e. The molecule has 3 rings (SSSR count). The van der Waals surface area contributed by atoms with Gasteiger partial charge in [0.2, 0.25) is 0 Å². The Morgan fingerprint density at radius 2 is 2.33 bits per heavy atom. The molecule has 0 atom stereocenters. The molecule has 0 saturated heterocycles. The minimum Gasteiger partial charge on any atom is -0.395 e. The summed E-state index contributed by atoms with van der Waals surface area (Å²) >= 11 is 0. The van der Waals surface area contributed by atoms with Crippen molar-refractivity contribution in [2.24, 2.45) is 0 Å². The van der Waals surface area contributed by atoms with Crippen molar-refractivity contribution in [3.8, 4) is 0 Å². The lowest BCUT2D eigenvalue weighted by Crippen LogP contribution is -2.28. The maximum Gasteiger partial charge on any atom is 0.139 e. The molecule has 2 aromatic heterocycles. The van der Waals surface area contributed by atoms with E-state index in [0.29, 0.717) is 6.04 Å². The molecule has 1 aliphatic carbocycles. The summed E-state index contributed by atoms with van der Waals surface area (Å²) in [5, 5.41) is 9.11. The van der Waals surface area contributed by atoms with Crippen molar-refractivity contribution in [3.05, 3.63) is 35.8 Å². The zero-order chi connectivity index (χ0) is 12.5. The molecule has 0 bridgehead atoms. The monoisotopic (exact) mass is 245 g/mol. The third-order valence-corrected chi connectivity index (χ3v) is 3.54. The first-order valence-electron chi connectivity index (χ1n) is 6.56. The van der Waals surface area contributed by atoms with Gasteiger partial charge < -0.3 is 9.51 Å². The number of hydrogen-bond acceptors (Lipinski definition) is 3. The fraction of sp³-hybridized carbons (Fsp3) is 0.500. The summed E-state index contributed by atoms with van der Waals surface area (Å²) in [6.45, 7) is 3.89. The van der Waals surface area contributed by atoms with E-state index >= 15 is 0 Å². The van der Waals surface area contributed by atoms with E-state index in [1.807, 2.05) is 12.3 Å². The van der Waals surface area contributed by atoms with E-state index in [2.05, 4.69) is 33.5 Å². The first-order chi connectivity index (χ1) is 8.78. The standard InChI is InChI=1S/C14H19N3O/c1-11-3-2-6-17-10-12(15-14(11)17)9-16(7-8-18)13-4-5-13/h2-3,6,10,13,18H,4-5,7-9H2,1H3. The second kappa shape index (κ2) is 4.71. The number of nitrogens with zero attached hydrogens (tertiary/aromatic N) is 3. The Morgan fingerprint density at radius 1 is 1.50 bits per heavy atom. The van der Waals surface area contributed by atoms with Gasteiger partial charge in [-0.1, -0.05) is 6.07 Å². The van der Waals surface area contributed by atoms with Crippen LogP contribution in [0.2, 0.25) is 0 Å². The summed E-state index contributed by atoms with van der Waals surface area (Å²) < 4.78 is 2.08. The van der Waals surface area contributed by atoms with E-state index in [1.165, 1.54) is 18.4 Å². The van der Waals surface area contributed by atoms with Gasteiger partial charge in [-0.15, -0.1) is 0 Å². The Hall–Kier alpha value is -1.39. The van der Waals surface area contributed by atoms with Gasteiger partial charge in [0.25, 0.3) is 0 Å². The number of pyridine rings is 1. The van der Waals surface area contributed by atoms with Crippen LogP contribution in [0.15, 0.2) is 24.5 Å². The van der Waals surface area contributed by atoms with Gasteiger partial charge in [0.05, 0.1) is 12.3 Å². The molecule has 0 unspecified atom stereocenters. The number of aryl methyl sites for hydroxylation is 1. The van der Waals surface area contributed by atoms with Crippen molar-refractivity contribution in [2.45, 2.75) is 32.4 Å². The summed E-state index contributed by atoms with van der Waals surface area (Å²) in [4.78, 5) is 7.01. The van der Waals surface area contributed by atoms with Crippen LogP contribution in [0.1, 0.15) is 24.1 Å². The molecule has 1 fully saturated rings. The maximum absolute atomic E-state index is 9.11. The number of hydrogen-bond donors (Lipinski definition) is 1. The summed E-state index contributed by atoms with van der Waals surface area (Å²) in [5.74, 6) is 0. The molecule has 1 saturated carbocycles. The maximum atomic E-state index is 9.11. The van der Waals surface area contributed by atoms with Crippen LogP contribution in [0.25, 0.3) is 5.65 Å². The van der Waals surface area contributed by atoms with Gasteiger partial charge in [-0.2, -0.15) is 0 Å². The van der Waals surface area contributed by atoms with E-state index in [1.54, 1.807) is 0 Å². The van der Waals surface area contributed by atoms with Crippen molar-refractivity contribution >= 4 is 5.65 Å². The van der Waals surface area contributed by atoms with Gasteiger partial charge in [-0.05, 0) is 31.4 Å². The first-order valence-corrected chi connectivity index (χ1v) is 6.56. The summed E-state index contributed by atoms with van der Waals surface area (Å²) in [5.41, 5.74) is 3.32. The largest absolute Gasteiger partial charge is 0.395 e. The number of fused-ring (bicyclic) bond motifs is 1. The lowest BCUT2D eigenvalue weighted by molar-refractivity contribution is 0.182. The minimum atomic E-state index is 0.225. The zero-order valence-corrected chi connectivity index (χ0v) is 10.7. The molecule has 18 heavy (non-hydrogen) atoms. The van der Waals surface area contributed by atoms with E-state index in [0.717, 1.165) is 24.4 Å². The third kappa shape index (κ3) is 2.26. The van der Waals surface area contributed by atoms with Gasteiger partial charge in [-0.3, -0.25) is 4.90 Å². The minimum absolute atomic E-state index is 0.225. The van der Waals surface area contributed by atoms with E-state index in [4.69, 9.17) is 5.11 Å². The SMILES string of the molecule is Cc1cccn2cc(CN(CCO)C3CC3)nc12. The number of aliphatic hydroxyl groups is 1. The average Bonchev–Trinajstić information content (AvgIpc) is 3.11. The molecule has 0 radical (unpaired) electrons. The fourth-order valence-electron chi connectivity index (χ4n) is 2.45. The summed E-state index contributed by atoms with van der Waals surface area (Å²) in [6.07, 6.45) is 6.64. The highest BCUT2D eigenvalue weighted by Gasteiger charge is 2.28. The van der Waals surface area contributed by atoms with Gasteiger partial charge in [0.1, 0.15) is 5.65 Å². The molecule has 0 amide bonds.